The van der Waals surface area contributed by atoms with Gasteiger partial charge in [0.05, 0.1) is 15.9 Å². The molecular formula is C15H13N3S2. The summed E-state index contributed by atoms with van der Waals surface area (Å²) in [5.74, 6) is 0.718. The summed E-state index contributed by atoms with van der Waals surface area (Å²) < 4.78 is 1.18. The van der Waals surface area contributed by atoms with Crippen molar-refractivity contribution in [2.24, 2.45) is 0 Å². The molecule has 3 heterocycles. The maximum atomic E-state index is 4.55. The normalized spacial score (nSPS) is 16.0. The monoisotopic (exact) mass is 299 g/mol. The van der Waals surface area contributed by atoms with E-state index in [9.17, 15) is 0 Å². The topological polar surface area (TPSA) is 38.7 Å². The molecular weight excluding hydrogens is 286 g/mol. The summed E-state index contributed by atoms with van der Waals surface area (Å²) in [6.07, 6.45) is 13.8. The zero-order chi connectivity index (χ0) is 13.4. The van der Waals surface area contributed by atoms with Gasteiger partial charge in [-0.25, -0.2) is 9.97 Å². The Labute approximate surface area is 125 Å². The summed E-state index contributed by atoms with van der Waals surface area (Å²) in [6.45, 7) is 0. The third-order valence-electron chi connectivity index (χ3n) is 3.59. The van der Waals surface area contributed by atoms with Gasteiger partial charge in [-0.15, -0.1) is 22.7 Å². The van der Waals surface area contributed by atoms with Crippen molar-refractivity contribution in [2.45, 2.75) is 25.2 Å². The average Bonchev–Trinajstić information content (AvgIpc) is 3.00. The molecule has 4 rings (SSSR count). The first kappa shape index (κ1) is 12.2. The highest BCUT2D eigenvalue weighted by Gasteiger charge is 2.22. The third kappa shape index (κ3) is 2.27. The number of hydrogen-bond donors (Lipinski definition) is 0. The fourth-order valence-electron chi connectivity index (χ4n) is 2.24. The first-order valence-electron chi connectivity index (χ1n) is 6.73. The zero-order valence-electron chi connectivity index (χ0n) is 10.8. The maximum absolute atomic E-state index is 4.55. The lowest BCUT2D eigenvalue weighted by atomic mass is 9.86. The van der Waals surface area contributed by atoms with Gasteiger partial charge in [-0.05, 0) is 31.1 Å². The molecule has 0 atom stereocenters. The highest BCUT2D eigenvalue weighted by Crippen LogP contribution is 2.38. The van der Waals surface area contributed by atoms with E-state index in [1.165, 1.54) is 33.8 Å². The summed E-state index contributed by atoms with van der Waals surface area (Å²) >= 11 is 3.50. The Morgan fingerprint density at radius 2 is 2.10 bits per heavy atom. The van der Waals surface area contributed by atoms with Crippen LogP contribution in [0.15, 0.2) is 24.7 Å². The van der Waals surface area contributed by atoms with Gasteiger partial charge in [0.2, 0.25) is 0 Å². The minimum atomic E-state index is 0.718. The number of fused-ring (bicyclic) bond motifs is 1. The number of pyridine rings is 1. The largest absolute Gasteiger partial charge is 0.262 e. The van der Waals surface area contributed by atoms with Crippen LogP contribution in [0.5, 0.6) is 0 Å². The Bertz CT molecular complexity index is 735. The number of nitrogens with zero attached hydrogens (tertiary/aromatic N) is 3. The van der Waals surface area contributed by atoms with E-state index in [0.717, 1.165) is 16.4 Å². The third-order valence-corrected chi connectivity index (χ3v) is 5.72. The van der Waals surface area contributed by atoms with Gasteiger partial charge in [0, 0.05) is 23.2 Å². The second kappa shape index (κ2) is 5.07. The Balaban J connectivity index is 1.56. The Morgan fingerprint density at radius 1 is 1.15 bits per heavy atom. The first-order valence-corrected chi connectivity index (χ1v) is 8.36. The molecule has 0 aromatic carbocycles. The molecule has 20 heavy (non-hydrogen) atoms. The molecule has 1 fully saturated rings. The lowest BCUT2D eigenvalue weighted by Crippen LogP contribution is -2.07. The van der Waals surface area contributed by atoms with Crippen LogP contribution in [-0.2, 0) is 0 Å². The summed E-state index contributed by atoms with van der Waals surface area (Å²) in [6, 6.07) is 2.01. The lowest BCUT2D eigenvalue weighted by Gasteiger charge is -2.22. The molecule has 0 aliphatic heterocycles. The van der Waals surface area contributed by atoms with Crippen molar-refractivity contribution in [1.82, 2.24) is 15.0 Å². The quantitative estimate of drug-likeness (QED) is 0.710. The van der Waals surface area contributed by atoms with Crippen molar-refractivity contribution in [2.75, 3.05) is 0 Å². The SMILES string of the molecule is C(=C\c1nc2cnccc2s1)/c1cnc(C2CCC2)s1. The van der Waals surface area contributed by atoms with Crippen molar-refractivity contribution in [1.29, 1.82) is 0 Å². The van der Waals surface area contributed by atoms with Crippen LogP contribution < -0.4 is 0 Å². The molecule has 0 bridgehead atoms. The molecule has 1 aliphatic rings. The predicted octanol–water partition coefficient (Wildman–Crippen LogP) is 4.59. The Morgan fingerprint density at radius 3 is 2.90 bits per heavy atom. The lowest BCUT2D eigenvalue weighted by molar-refractivity contribution is 0.418. The first-order chi connectivity index (χ1) is 9.88. The molecule has 0 unspecified atom stereocenters. The maximum Gasteiger partial charge on any atom is 0.117 e. The smallest absolute Gasteiger partial charge is 0.117 e. The summed E-state index contributed by atoms with van der Waals surface area (Å²) in [5, 5.41) is 2.32. The van der Waals surface area contributed by atoms with Crippen molar-refractivity contribution >= 4 is 45.0 Å². The zero-order valence-corrected chi connectivity index (χ0v) is 12.5. The molecule has 5 heteroatoms. The van der Waals surface area contributed by atoms with Crippen molar-refractivity contribution < 1.29 is 0 Å². The van der Waals surface area contributed by atoms with Crippen LogP contribution in [0, 0.1) is 0 Å². The van der Waals surface area contributed by atoms with Crippen LogP contribution in [0.1, 0.15) is 40.1 Å². The molecule has 1 aliphatic carbocycles. The van der Waals surface area contributed by atoms with E-state index in [1.807, 2.05) is 36.0 Å². The van der Waals surface area contributed by atoms with E-state index < -0.39 is 0 Å². The molecule has 100 valence electrons. The van der Waals surface area contributed by atoms with Gasteiger partial charge in [0.25, 0.3) is 0 Å². The predicted molar refractivity (Wildman–Crippen MR) is 85.0 cm³/mol. The molecule has 0 saturated heterocycles. The minimum Gasteiger partial charge on any atom is -0.262 e. The molecule has 0 radical (unpaired) electrons. The van der Waals surface area contributed by atoms with Crippen LogP contribution >= 0.6 is 22.7 Å². The second-order valence-electron chi connectivity index (χ2n) is 4.96. The average molecular weight is 299 g/mol. The standard InChI is InChI=1S/C15H13N3S2/c1-2-10(3-1)15-17-8-11(19-15)4-5-14-18-12-9-16-7-6-13(12)20-14/h4-10H,1-3H2/b5-4+. The van der Waals surface area contributed by atoms with E-state index in [0.29, 0.717) is 0 Å². The molecule has 1 saturated carbocycles. The van der Waals surface area contributed by atoms with Crippen LogP contribution in [-0.4, -0.2) is 15.0 Å². The summed E-state index contributed by atoms with van der Waals surface area (Å²) in [5.41, 5.74) is 0.969. The van der Waals surface area contributed by atoms with Gasteiger partial charge in [0.1, 0.15) is 10.5 Å². The fourth-order valence-corrected chi connectivity index (χ4v) is 4.07. The summed E-state index contributed by atoms with van der Waals surface area (Å²) in [4.78, 5) is 14.4. The number of hydrogen-bond acceptors (Lipinski definition) is 5. The van der Waals surface area contributed by atoms with Gasteiger partial charge >= 0.3 is 0 Å². The van der Waals surface area contributed by atoms with E-state index >= 15 is 0 Å². The van der Waals surface area contributed by atoms with Crippen molar-refractivity contribution in [3.8, 4) is 0 Å². The fraction of sp³-hybridized carbons (Fsp3) is 0.267. The van der Waals surface area contributed by atoms with E-state index in [2.05, 4.69) is 27.1 Å². The summed E-state index contributed by atoms with van der Waals surface area (Å²) in [7, 11) is 0. The molecule has 0 spiro atoms. The van der Waals surface area contributed by atoms with Gasteiger partial charge in [-0.1, -0.05) is 6.42 Å². The molecule has 0 N–H and O–H groups in total. The van der Waals surface area contributed by atoms with Crippen molar-refractivity contribution in [3.05, 3.63) is 39.5 Å². The highest BCUT2D eigenvalue weighted by atomic mass is 32.1. The van der Waals surface area contributed by atoms with E-state index in [-0.39, 0.29) is 0 Å². The molecule has 0 amide bonds. The van der Waals surface area contributed by atoms with Crippen LogP contribution in [0.3, 0.4) is 0 Å². The highest BCUT2D eigenvalue weighted by molar-refractivity contribution is 7.19. The number of rotatable bonds is 3. The van der Waals surface area contributed by atoms with Gasteiger partial charge < -0.3 is 0 Å². The number of aromatic nitrogens is 3. The van der Waals surface area contributed by atoms with Crippen molar-refractivity contribution in [3.63, 3.8) is 0 Å². The van der Waals surface area contributed by atoms with Crippen LogP contribution in [0.2, 0.25) is 0 Å². The molecule has 3 aromatic heterocycles. The van der Waals surface area contributed by atoms with Gasteiger partial charge in [-0.3, -0.25) is 4.98 Å². The molecule has 3 aromatic rings. The second-order valence-corrected chi connectivity index (χ2v) is 7.11. The van der Waals surface area contributed by atoms with Gasteiger partial charge in [0.15, 0.2) is 0 Å². The molecule has 3 nitrogen and oxygen atoms in total. The Kier molecular flexibility index (Phi) is 3.09. The van der Waals surface area contributed by atoms with E-state index in [4.69, 9.17) is 0 Å². The van der Waals surface area contributed by atoms with Gasteiger partial charge in [-0.2, -0.15) is 0 Å². The minimum absolute atomic E-state index is 0.718. The number of thiazole rings is 2. The van der Waals surface area contributed by atoms with E-state index in [1.54, 1.807) is 11.3 Å². The van der Waals surface area contributed by atoms with Crippen LogP contribution in [0.25, 0.3) is 22.4 Å². The Hall–Kier alpha value is -1.59. The van der Waals surface area contributed by atoms with Crippen LogP contribution in [0.4, 0.5) is 0 Å².